The van der Waals surface area contributed by atoms with Gasteiger partial charge in [-0.3, -0.25) is 0 Å². The molecule has 4 heteroatoms. The number of alkyl halides is 1. The summed E-state index contributed by atoms with van der Waals surface area (Å²) in [6, 6.07) is 0. The zero-order chi connectivity index (χ0) is 8.97. The smallest absolute Gasteiger partial charge is 0.132 e. The molecule has 0 bridgehead atoms. The molecule has 0 fully saturated rings. The van der Waals surface area contributed by atoms with Crippen molar-refractivity contribution in [2.75, 3.05) is 5.33 Å². The third-order valence-electron chi connectivity index (χ3n) is 2.07. The molecule has 0 aliphatic rings. The van der Waals surface area contributed by atoms with Gasteiger partial charge in [-0.2, -0.15) is 0 Å². The normalized spacial score (nSPS) is 13.2. The molecule has 1 heterocycles. The van der Waals surface area contributed by atoms with Gasteiger partial charge in [0.2, 0.25) is 0 Å². The van der Waals surface area contributed by atoms with Crippen LogP contribution in [0, 0.1) is 5.92 Å². The minimum atomic E-state index is 0.674. The lowest BCUT2D eigenvalue weighted by atomic mass is 10.1. The maximum atomic E-state index is 4.04. The fourth-order valence-electron chi connectivity index (χ4n) is 1.06. The summed E-state index contributed by atoms with van der Waals surface area (Å²) in [4.78, 5) is 0. The zero-order valence-corrected chi connectivity index (χ0v) is 9.08. The van der Waals surface area contributed by atoms with Gasteiger partial charge in [-0.15, -0.1) is 10.2 Å². The first kappa shape index (κ1) is 9.71. The molecule has 0 saturated carbocycles. The van der Waals surface area contributed by atoms with Crippen LogP contribution < -0.4 is 0 Å². The van der Waals surface area contributed by atoms with Crippen LogP contribution in [0.4, 0.5) is 0 Å². The first-order valence-electron chi connectivity index (χ1n) is 4.16. The van der Waals surface area contributed by atoms with Gasteiger partial charge in [0.15, 0.2) is 0 Å². The first-order chi connectivity index (χ1) is 5.77. The zero-order valence-electron chi connectivity index (χ0n) is 7.50. The summed E-state index contributed by atoms with van der Waals surface area (Å²) in [5.74, 6) is 1.74. The summed E-state index contributed by atoms with van der Waals surface area (Å²) < 4.78 is 1.98. The average Bonchev–Trinajstić information content (AvgIpc) is 2.47. The Morgan fingerprint density at radius 2 is 2.42 bits per heavy atom. The van der Waals surface area contributed by atoms with Crippen molar-refractivity contribution in [1.82, 2.24) is 14.8 Å². The van der Waals surface area contributed by atoms with Gasteiger partial charge in [0.05, 0.1) is 0 Å². The summed E-state index contributed by atoms with van der Waals surface area (Å²) in [5.41, 5.74) is 0. The third kappa shape index (κ3) is 2.30. The van der Waals surface area contributed by atoms with E-state index < -0.39 is 0 Å². The van der Waals surface area contributed by atoms with Crippen LogP contribution in [0.3, 0.4) is 0 Å². The van der Waals surface area contributed by atoms with E-state index in [-0.39, 0.29) is 0 Å². The summed E-state index contributed by atoms with van der Waals surface area (Å²) in [5, 5.41) is 8.92. The molecule has 1 aromatic heterocycles. The maximum Gasteiger partial charge on any atom is 0.132 e. The van der Waals surface area contributed by atoms with E-state index in [0.717, 1.165) is 17.6 Å². The molecule has 0 spiro atoms. The fraction of sp³-hybridized carbons (Fsp3) is 0.750. The van der Waals surface area contributed by atoms with Crippen molar-refractivity contribution in [2.24, 2.45) is 13.0 Å². The molecule has 1 atom stereocenters. The van der Waals surface area contributed by atoms with Crippen LogP contribution in [-0.4, -0.2) is 20.1 Å². The van der Waals surface area contributed by atoms with E-state index in [9.17, 15) is 0 Å². The SMILES string of the molecule is CCC(CBr)Cc1nncn1C. The summed E-state index contributed by atoms with van der Waals surface area (Å²) >= 11 is 3.49. The summed E-state index contributed by atoms with van der Waals surface area (Å²) in [6.45, 7) is 2.20. The van der Waals surface area contributed by atoms with Gasteiger partial charge in [0.25, 0.3) is 0 Å². The molecule has 1 aromatic rings. The van der Waals surface area contributed by atoms with Gasteiger partial charge in [0.1, 0.15) is 12.2 Å². The minimum absolute atomic E-state index is 0.674. The Bertz CT molecular complexity index is 230. The highest BCUT2D eigenvalue weighted by Crippen LogP contribution is 2.11. The van der Waals surface area contributed by atoms with Crippen LogP contribution in [0.25, 0.3) is 0 Å². The molecule has 1 rings (SSSR count). The van der Waals surface area contributed by atoms with Crippen molar-refractivity contribution in [3.63, 3.8) is 0 Å². The van der Waals surface area contributed by atoms with E-state index >= 15 is 0 Å². The van der Waals surface area contributed by atoms with Crippen LogP contribution in [0.15, 0.2) is 6.33 Å². The standard InChI is InChI=1S/C8H14BrN3/c1-3-7(5-9)4-8-11-10-6-12(8)2/h6-7H,3-5H2,1-2H3. The van der Waals surface area contributed by atoms with Crippen molar-refractivity contribution in [2.45, 2.75) is 19.8 Å². The van der Waals surface area contributed by atoms with Crippen LogP contribution in [0.1, 0.15) is 19.2 Å². The molecule has 0 N–H and O–H groups in total. The topological polar surface area (TPSA) is 30.7 Å². The fourth-order valence-corrected chi connectivity index (χ4v) is 1.74. The van der Waals surface area contributed by atoms with E-state index in [2.05, 4.69) is 33.1 Å². The van der Waals surface area contributed by atoms with Crippen LogP contribution in [0.2, 0.25) is 0 Å². The predicted molar refractivity (Wildman–Crippen MR) is 52.3 cm³/mol. The second-order valence-corrected chi connectivity index (χ2v) is 3.64. The Morgan fingerprint density at radius 3 is 2.83 bits per heavy atom. The number of aromatic nitrogens is 3. The van der Waals surface area contributed by atoms with Gasteiger partial charge in [-0.25, -0.2) is 0 Å². The van der Waals surface area contributed by atoms with Crippen molar-refractivity contribution in [3.8, 4) is 0 Å². The number of rotatable bonds is 4. The molecule has 12 heavy (non-hydrogen) atoms. The second-order valence-electron chi connectivity index (χ2n) is 2.99. The Balaban J connectivity index is 2.56. The highest BCUT2D eigenvalue weighted by atomic mass is 79.9. The average molecular weight is 232 g/mol. The molecule has 0 radical (unpaired) electrons. The molecule has 0 aromatic carbocycles. The van der Waals surface area contributed by atoms with Gasteiger partial charge in [0, 0.05) is 18.8 Å². The molecule has 1 unspecified atom stereocenters. The predicted octanol–water partition coefficient (Wildman–Crippen LogP) is 1.78. The third-order valence-corrected chi connectivity index (χ3v) is 2.99. The number of aryl methyl sites for hydroxylation is 1. The monoisotopic (exact) mass is 231 g/mol. The lowest BCUT2D eigenvalue weighted by Gasteiger charge is -2.09. The van der Waals surface area contributed by atoms with E-state index in [4.69, 9.17) is 0 Å². The van der Waals surface area contributed by atoms with Gasteiger partial charge in [-0.05, 0) is 5.92 Å². The quantitative estimate of drug-likeness (QED) is 0.741. The number of nitrogens with zero attached hydrogens (tertiary/aromatic N) is 3. The van der Waals surface area contributed by atoms with E-state index in [0.29, 0.717) is 5.92 Å². The van der Waals surface area contributed by atoms with Crippen molar-refractivity contribution >= 4 is 15.9 Å². The van der Waals surface area contributed by atoms with Crippen LogP contribution >= 0.6 is 15.9 Å². The summed E-state index contributed by atoms with van der Waals surface area (Å²) in [6.07, 6.45) is 3.94. The number of hydrogen-bond donors (Lipinski definition) is 0. The molecule has 0 aliphatic carbocycles. The lowest BCUT2D eigenvalue weighted by Crippen LogP contribution is -2.08. The highest BCUT2D eigenvalue weighted by Gasteiger charge is 2.09. The van der Waals surface area contributed by atoms with E-state index in [1.54, 1.807) is 6.33 Å². The van der Waals surface area contributed by atoms with Crippen LogP contribution in [0.5, 0.6) is 0 Å². The lowest BCUT2D eigenvalue weighted by molar-refractivity contribution is 0.544. The molecular weight excluding hydrogens is 218 g/mol. The second kappa shape index (κ2) is 4.60. The Hall–Kier alpha value is -0.380. The van der Waals surface area contributed by atoms with Gasteiger partial charge in [-0.1, -0.05) is 29.3 Å². The Labute approximate surface area is 81.3 Å². The van der Waals surface area contributed by atoms with Crippen molar-refractivity contribution in [1.29, 1.82) is 0 Å². The maximum absolute atomic E-state index is 4.04. The Morgan fingerprint density at radius 1 is 1.67 bits per heavy atom. The van der Waals surface area contributed by atoms with Crippen LogP contribution in [-0.2, 0) is 13.5 Å². The molecule has 68 valence electrons. The first-order valence-corrected chi connectivity index (χ1v) is 5.28. The van der Waals surface area contributed by atoms with Gasteiger partial charge < -0.3 is 4.57 Å². The molecule has 0 aliphatic heterocycles. The largest absolute Gasteiger partial charge is 0.321 e. The van der Waals surface area contributed by atoms with Crippen molar-refractivity contribution in [3.05, 3.63) is 12.2 Å². The molecule has 0 saturated heterocycles. The molecule has 3 nitrogen and oxygen atoms in total. The number of hydrogen-bond acceptors (Lipinski definition) is 2. The van der Waals surface area contributed by atoms with Crippen molar-refractivity contribution < 1.29 is 0 Å². The van der Waals surface area contributed by atoms with Gasteiger partial charge >= 0.3 is 0 Å². The highest BCUT2D eigenvalue weighted by molar-refractivity contribution is 9.09. The Kier molecular flexibility index (Phi) is 3.72. The van der Waals surface area contributed by atoms with E-state index in [1.807, 2.05) is 11.6 Å². The summed E-state index contributed by atoms with van der Waals surface area (Å²) in [7, 11) is 1.98. The minimum Gasteiger partial charge on any atom is -0.321 e. The number of halogens is 1. The molecular formula is C8H14BrN3. The van der Waals surface area contributed by atoms with E-state index in [1.165, 1.54) is 6.42 Å². The molecule has 0 amide bonds.